The minimum Gasteiger partial charge on any atom is -0.452 e. The highest BCUT2D eigenvalue weighted by atomic mass is 32.1. The maximum atomic E-state index is 12.6. The molecule has 0 atom stereocenters. The Morgan fingerprint density at radius 2 is 2.16 bits per heavy atom. The zero-order valence-corrected chi connectivity index (χ0v) is 17.9. The van der Waals surface area contributed by atoms with Crippen LogP contribution in [0.3, 0.4) is 0 Å². The fourth-order valence-corrected chi connectivity index (χ4v) is 3.53. The van der Waals surface area contributed by atoms with E-state index >= 15 is 0 Å². The number of pyridine rings is 1. The molecule has 0 radical (unpaired) electrons. The highest BCUT2D eigenvalue weighted by Crippen LogP contribution is 2.24. The molecule has 0 saturated heterocycles. The second-order valence-electron chi connectivity index (χ2n) is 7.22. The molecule has 9 nitrogen and oxygen atoms in total. The standard InChI is InChI=1S/C21H23N5O4S/c1-2-9-26(12-18-24-25-20(30-18)16-4-3-10-31-16)19(27)13-29-21(28)14-5-8-17(22-11-14)23-15-6-7-15/h3-5,8,10-11,15H,2,6-7,9,12-13H2,1H3,(H,22,23). The summed E-state index contributed by atoms with van der Waals surface area (Å²) in [5, 5.41) is 13.2. The van der Waals surface area contributed by atoms with E-state index in [1.807, 2.05) is 24.4 Å². The van der Waals surface area contributed by atoms with Crippen molar-refractivity contribution in [2.24, 2.45) is 0 Å². The first-order valence-electron chi connectivity index (χ1n) is 10.2. The minimum atomic E-state index is -0.590. The lowest BCUT2D eigenvalue weighted by Crippen LogP contribution is -2.35. The van der Waals surface area contributed by atoms with Gasteiger partial charge >= 0.3 is 5.97 Å². The molecule has 0 aromatic carbocycles. The van der Waals surface area contributed by atoms with Gasteiger partial charge in [-0.1, -0.05) is 13.0 Å². The zero-order chi connectivity index (χ0) is 21.6. The van der Waals surface area contributed by atoms with Crippen molar-refractivity contribution in [3.05, 3.63) is 47.3 Å². The number of rotatable bonds is 10. The van der Waals surface area contributed by atoms with Gasteiger partial charge in [-0.3, -0.25) is 4.79 Å². The van der Waals surface area contributed by atoms with Gasteiger partial charge in [-0.25, -0.2) is 9.78 Å². The largest absolute Gasteiger partial charge is 0.452 e. The second kappa shape index (κ2) is 9.69. The first kappa shape index (κ1) is 21.0. The predicted octanol–water partition coefficient (Wildman–Crippen LogP) is 3.36. The molecule has 0 unspecified atom stereocenters. The van der Waals surface area contributed by atoms with E-state index in [1.165, 1.54) is 17.5 Å². The Bertz CT molecular complexity index is 1010. The molecule has 3 aromatic rings. The molecule has 1 aliphatic rings. The van der Waals surface area contributed by atoms with Gasteiger partial charge in [0.15, 0.2) is 6.61 Å². The van der Waals surface area contributed by atoms with Crippen LogP contribution in [-0.2, 0) is 16.1 Å². The van der Waals surface area contributed by atoms with Crippen molar-refractivity contribution in [2.75, 3.05) is 18.5 Å². The van der Waals surface area contributed by atoms with Crippen LogP contribution in [0.1, 0.15) is 42.4 Å². The molecule has 1 aliphatic carbocycles. The Balaban J connectivity index is 1.31. The third-order valence-corrected chi connectivity index (χ3v) is 5.48. The first-order valence-corrected chi connectivity index (χ1v) is 11.0. The number of thiophene rings is 1. The quantitative estimate of drug-likeness (QED) is 0.477. The van der Waals surface area contributed by atoms with E-state index in [0.717, 1.165) is 30.0 Å². The number of esters is 1. The summed E-state index contributed by atoms with van der Waals surface area (Å²) in [5.74, 6) is 0.566. The number of nitrogens with one attached hydrogen (secondary N) is 1. The van der Waals surface area contributed by atoms with Crippen LogP contribution in [0.5, 0.6) is 0 Å². The van der Waals surface area contributed by atoms with Gasteiger partial charge in [0.2, 0.25) is 5.89 Å². The van der Waals surface area contributed by atoms with Crippen LogP contribution >= 0.6 is 11.3 Å². The van der Waals surface area contributed by atoms with E-state index in [2.05, 4.69) is 20.5 Å². The van der Waals surface area contributed by atoms with Gasteiger partial charge in [-0.15, -0.1) is 21.5 Å². The Morgan fingerprint density at radius 3 is 2.84 bits per heavy atom. The molecule has 10 heteroatoms. The lowest BCUT2D eigenvalue weighted by atomic mass is 10.3. The van der Waals surface area contributed by atoms with Crippen LogP contribution in [0, 0.1) is 0 Å². The smallest absolute Gasteiger partial charge is 0.340 e. The summed E-state index contributed by atoms with van der Waals surface area (Å²) in [6.07, 6.45) is 4.47. The van der Waals surface area contributed by atoms with Crippen molar-refractivity contribution in [2.45, 2.75) is 38.8 Å². The number of nitrogens with zero attached hydrogens (tertiary/aromatic N) is 4. The number of carbonyl (C=O) groups excluding carboxylic acids is 2. The average Bonchev–Trinajstić information content (AvgIpc) is 3.23. The summed E-state index contributed by atoms with van der Waals surface area (Å²) in [5.41, 5.74) is 0.300. The topological polar surface area (TPSA) is 110 Å². The number of anilines is 1. The number of amides is 1. The normalized spacial score (nSPS) is 13.1. The summed E-state index contributed by atoms with van der Waals surface area (Å²) >= 11 is 1.50. The molecule has 4 rings (SSSR count). The van der Waals surface area contributed by atoms with Gasteiger partial charge in [-0.2, -0.15) is 0 Å². The minimum absolute atomic E-state index is 0.158. The molecule has 31 heavy (non-hydrogen) atoms. The van der Waals surface area contributed by atoms with E-state index < -0.39 is 5.97 Å². The molecular weight excluding hydrogens is 418 g/mol. The van der Waals surface area contributed by atoms with Crippen LogP contribution in [-0.4, -0.2) is 51.2 Å². The summed E-state index contributed by atoms with van der Waals surface area (Å²) < 4.78 is 10.9. The van der Waals surface area contributed by atoms with Gasteiger partial charge in [0.1, 0.15) is 5.82 Å². The van der Waals surface area contributed by atoms with Crippen LogP contribution in [0.4, 0.5) is 5.82 Å². The van der Waals surface area contributed by atoms with Crippen molar-refractivity contribution in [3.8, 4) is 10.8 Å². The Labute approximate surface area is 183 Å². The maximum Gasteiger partial charge on any atom is 0.340 e. The lowest BCUT2D eigenvalue weighted by Gasteiger charge is -2.20. The van der Waals surface area contributed by atoms with Gasteiger partial charge in [0.25, 0.3) is 11.8 Å². The summed E-state index contributed by atoms with van der Waals surface area (Å²) in [6.45, 7) is 2.23. The molecule has 162 valence electrons. The summed E-state index contributed by atoms with van der Waals surface area (Å²) in [4.78, 5) is 31.5. The van der Waals surface area contributed by atoms with Crippen molar-refractivity contribution in [1.82, 2.24) is 20.1 Å². The van der Waals surface area contributed by atoms with Crippen molar-refractivity contribution in [3.63, 3.8) is 0 Å². The lowest BCUT2D eigenvalue weighted by molar-refractivity contribution is -0.135. The zero-order valence-electron chi connectivity index (χ0n) is 17.1. The Kier molecular flexibility index (Phi) is 6.56. The highest BCUT2D eigenvalue weighted by Gasteiger charge is 2.22. The molecular formula is C21H23N5O4S. The van der Waals surface area contributed by atoms with Gasteiger partial charge < -0.3 is 19.4 Å². The molecule has 0 bridgehead atoms. The van der Waals surface area contributed by atoms with Crippen molar-refractivity contribution >= 4 is 29.0 Å². The summed E-state index contributed by atoms with van der Waals surface area (Å²) in [7, 11) is 0. The number of hydrogen-bond donors (Lipinski definition) is 1. The number of carbonyl (C=O) groups is 2. The fourth-order valence-electron chi connectivity index (χ4n) is 2.88. The van der Waals surface area contributed by atoms with Crippen LogP contribution in [0.15, 0.2) is 40.3 Å². The van der Waals surface area contributed by atoms with Gasteiger partial charge in [0.05, 0.1) is 17.0 Å². The number of ether oxygens (including phenoxy) is 1. The predicted molar refractivity (Wildman–Crippen MR) is 114 cm³/mol. The third-order valence-electron chi connectivity index (χ3n) is 4.63. The van der Waals surface area contributed by atoms with E-state index in [-0.39, 0.29) is 19.1 Å². The van der Waals surface area contributed by atoms with Gasteiger partial charge in [0, 0.05) is 18.8 Å². The molecule has 3 aromatic heterocycles. The van der Waals surface area contributed by atoms with E-state index in [9.17, 15) is 9.59 Å². The Hall–Kier alpha value is -3.27. The number of aromatic nitrogens is 3. The van der Waals surface area contributed by atoms with Crippen LogP contribution in [0.2, 0.25) is 0 Å². The van der Waals surface area contributed by atoms with Gasteiger partial charge in [-0.05, 0) is 42.8 Å². The van der Waals surface area contributed by atoms with Crippen LogP contribution in [0.25, 0.3) is 10.8 Å². The van der Waals surface area contributed by atoms with E-state index in [0.29, 0.717) is 29.9 Å². The Morgan fingerprint density at radius 1 is 1.29 bits per heavy atom. The molecule has 1 amide bonds. The first-order chi connectivity index (χ1) is 15.1. The monoisotopic (exact) mass is 441 g/mol. The average molecular weight is 442 g/mol. The maximum absolute atomic E-state index is 12.6. The van der Waals surface area contributed by atoms with Crippen molar-refractivity contribution < 1.29 is 18.7 Å². The molecule has 0 aliphatic heterocycles. The highest BCUT2D eigenvalue weighted by molar-refractivity contribution is 7.13. The SMILES string of the molecule is CCCN(Cc1nnc(-c2cccs2)o1)C(=O)COC(=O)c1ccc(NC2CC2)nc1. The third kappa shape index (κ3) is 5.66. The molecule has 3 heterocycles. The van der Waals surface area contributed by atoms with Crippen LogP contribution < -0.4 is 5.32 Å². The molecule has 1 N–H and O–H groups in total. The van der Waals surface area contributed by atoms with Crippen molar-refractivity contribution in [1.29, 1.82) is 0 Å². The van der Waals surface area contributed by atoms with E-state index in [4.69, 9.17) is 9.15 Å². The van der Waals surface area contributed by atoms with E-state index in [1.54, 1.807) is 17.0 Å². The fraction of sp³-hybridized carbons (Fsp3) is 0.381. The second-order valence-corrected chi connectivity index (χ2v) is 8.17. The molecule has 1 fully saturated rings. The number of hydrogen-bond acceptors (Lipinski definition) is 9. The molecule has 1 saturated carbocycles. The summed E-state index contributed by atoms with van der Waals surface area (Å²) in [6, 6.07) is 7.64. The molecule has 0 spiro atoms.